The first-order valence-corrected chi connectivity index (χ1v) is 8.86. The molecule has 1 amide bonds. The summed E-state index contributed by atoms with van der Waals surface area (Å²) >= 11 is 7.39. The molecule has 7 heteroatoms. The van der Waals surface area contributed by atoms with Crippen LogP contribution >= 0.6 is 22.9 Å². The summed E-state index contributed by atoms with van der Waals surface area (Å²) in [6.45, 7) is 6.74. The third-order valence-electron chi connectivity index (χ3n) is 3.89. The molecule has 1 atom stereocenters. The van der Waals surface area contributed by atoms with Gasteiger partial charge in [-0.15, -0.1) is 11.3 Å². The van der Waals surface area contributed by atoms with Crippen molar-refractivity contribution in [3.8, 4) is 0 Å². The molecule has 0 fully saturated rings. The van der Waals surface area contributed by atoms with Gasteiger partial charge in [-0.1, -0.05) is 11.6 Å². The van der Waals surface area contributed by atoms with Gasteiger partial charge in [-0.05, 0) is 46.0 Å². The Morgan fingerprint density at radius 2 is 2.17 bits per heavy atom. The van der Waals surface area contributed by atoms with Gasteiger partial charge in [0, 0.05) is 23.5 Å². The number of nitrogens with zero attached hydrogens (tertiary/aromatic N) is 2. The van der Waals surface area contributed by atoms with Gasteiger partial charge in [0.1, 0.15) is 5.82 Å². The standard InChI is InChI=1S/C17H21ClFN3OS/c1-10(17-11(2)24-12(3)20-17)22(4)8-7-16(23)21-13-5-6-15(19)14(18)9-13/h5-6,9-10H,7-8H2,1-4H3,(H,21,23). The van der Waals surface area contributed by atoms with Crippen molar-refractivity contribution >= 4 is 34.5 Å². The summed E-state index contributed by atoms with van der Waals surface area (Å²) in [6, 6.07) is 4.28. The number of amides is 1. The van der Waals surface area contributed by atoms with Crippen LogP contribution in [0.15, 0.2) is 18.2 Å². The zero-order chi connectivity index (χ0) is 17.9. The molecule has 0 saturated carbocycles. The molecule has 1 aromatic heterocycles. The highest BCUT2D eigenvalue weighted by molar-refractivity contribution is 7.11. The molecule has 1 heterocycles. The second-order valence-electron chi connectivity index (χ2n) is 5.76. The van der Waals surface area contributed by atoms with E-state index in [0.29, 0.717) is 18.7 Å². The molecule has 2 aromatic rings. The van der Waals surface area contributed by atoms with Gasteiger partial charge in [0.2, 0.25) is 5.91 Å². The van der Waals surface area contributed by atoms with Crippen LogP contribution in [0.25, 0.3) is 0 Å². The maximum Gasteiger partial charge on any atom is 0.225 e. The van der Waals surface area contributed by atoms with Gasteiger partial charge in [0.05, 0.1) is 21.8 Å². The lowest BCUT2D eigenvalue weighted by Gasteiger charge is -2.23. The van der Waals surface area contributed by atoms with Gasteiger partial charge in [0.15, 0.2) is 0 Å². The number of aromatic nitrogens is 1. The molecule has 0 aliphatic rings. The van der Waals surface area contributed by atoms with Crippen molar-refractivity contribution in [3.05, 3.63) is 44.6 Å². The summed E-state index contributed by atoms with van der Waals surface area (Å²) in [5.41, 5.74) is 1.55. The number of carbonyl (C=O) groups is 1. The van der Waals surface area contributed by atoms with Crippen molar-refractivity contribution in [1.29, 1.82) is 0 Å². The Labute approximate surface area is 150 Å². The Hall–Kier alpha value is -1.50. The molecule has 1 aromatic carbocycles. The van der Waals surface area contributed by atoms with Gasteiger partial charge in [-0.25, -0.2) is 9.37 Å². The molecule has 1 N–H and O–H groups in total. The summed E-state index contributed by atoms with van der Waals surface area (Å²) in [7, 11) is 1.97. The predicted octanol–water partition coefficient (Wildman–Crippen LogP) is 4.57. The van der Waals surface area contributed by atoms with Crippen LogP contribution in [0.3, 0.4) is 0 Å². The van der Waals surface area contributed by atoms with Crippen LogP contribution in [-0.2, 0) is 4.79 Å². The number of aryl methyl sites for hydroxylation is 2. The van der Waals surface area contributed by atoms with E-state index in [-0.39, 0.29) is 17.0 Å². The highest BCUT2D eigenvalue weighted by atomic mass is 35.5. The fourth-order valence-electron chi connectivity index (χ4n) is 2.41. The Balaban J connectivity index is 1.88. The Bertz CT molecular complexity index is 735. The molecular formula is C17H21ClFN3OS. The average Bonchev–Trinajstić information content (AvgIpc) is 2.86. The second kappa shape index (κ2) is 8.05. The van der Waals surface area contributed by atoms with Gasteiger partial charge in [-0.2, -0.15) is 0 Å². The van der Waals surface area contributed by atoms with E-state index in [2.05, 4.69) is 29.0 Å². The SMILES string of the molecule is Cc1nc(C(C)N(C)CCC(=O)Nc2ccc(F)c(Cl)c2)c(C)s1. The van der Waals surface area contributed by atoms with Crippen molar-refractivity contribution in [2.45, 2.75) is 33.2 Å². The number of anilines is 1. The van der Waals surface area contributed by atoms with E-state index in [1.54, 1.807) is 11.3 Å². The number of thiazole rings is 1. The van der Waals surface area contributed by atoms with Crippen molar-refractivity contribution in [2.24, 2.45) is 0 Å². The lowest BCUT2D eigenvalue weighted by molar-refractivity contribution is -0.116. The monoisotopic (exact) mass is 369 g/mol. The number of hydrogen-bond donors (Lipinski definition) is 1. The van der Waals surface area contributed by atoms with E-state index in [1.807, 2.05) is 14.0 Å². The van der Waals surface area contributed by atoms with E-state index >= 15 is 0 Å². The predicted molar refractivity (Wildman–Crippen MR) is 97.3 cm³/mol. The van der Waals surface area contributed by atoms with E-state index in [1.165, 1.54) is 23.1 Å². The molecule has 0 bridgehead atoms. The molecule has 0 spiro atoms. The second-order valence-corrected chi connectivity index (χ2v) is 7.57. The lowest BCUT2D eigenvalue weighted by atomic mass is 10.2. The number of hydrogen-bond acceptors (Lipinski definition) is 4. The molecule has 0 saturated heterocycles. The van der Waals surface area contributed by atoms with Crippen LogP contribution in [0.1, 0.15) is 35.0 Å². The molecule has 2 rings (SSSR count). The van der Waals surface area contributed by atoms with Crippen LogP contribution in [0.2, 0.25) is 5.02 Å². The summed E-state index contributed by atoms with van der Waals surface area (Å²) in [4.78, 5) is 19.9. The van der Waals surface area contributed by atoms with Crippen LogP contribution in [-0.4, -0.2) is 29.4 Å². The normalized spacial score (nSPS) is 12.5. The van der Waals surface area contributed by atoms with Crippen LogP contribution in [0.5, 0.6) is 0 Å². The third kappa shape index (κ3) is 4.75. The fraction of sp³-hybridized carbons (Fsp3) is 0.412. The third-order valence-corrected chi connectivity index (χ3v) is 5.08. The number of nitrogens with one attached hydrogen (secondary N) is 1. The largest absolute Gasteiger partial charge is 0.326 e. The van der Waals surface area contributed by atoms with Gasteiger partial charge < -0.3 is 5.32 Å². The zero-order valence-electron chi connectivity index (χ0n) is 14.2. The first-order chi connectivity index (χ1) is 11.3. The highest BCUT2D eigenvalue weighted by Gasteiger charge is 2.18. The van der Waals surface area contributed by atoms with E-state index in [4.69, 9.17) is 11.6 Å². The molecule has 0 aliphatic carbocycles. The number of benzene rings is 1. The van der Waals surface area contributed by atoms with Crippen molar-refractivity contribution < 1.29 is 9.18 Å². The quantitative estimate of drug-likeness (QED) is 0.810. The van der Waals surface area contributed by atoms with Gasteiger partial charge >= 0.3 is 0 Å². The summed E-state index contributed by atoms with van der Waals surface area (Å²) in [5.74, 6) is -0.639. The van der Waals surface area contributed by atoms with Crippen molar-refractivity contribution in [2.75, 3.05) is 18.9 Å². The first-order valence-electron chi connectivity index (χ1n) is 7.67. The molecule has 24 heavy (non-hydrogen) atoms. The van der Waals surface area contributed by atoms with E-state index in [9.17, 15) is 9.18 Å². The maximum atomic E-state index is 13.1. The smallest absolute Gasteiger partial charge is 0.225 e. The fourth-order valence-corrected chi connectivity index (χ4v) is 3.50. The topological polar surface area (TPSA) is 45.2 Å². The molecule has 130 valence electrons. The minimum absolute atomic E-state index is 0.00656. The van der Waals surface area contributed by atoms with Crippen LogP contribution in [0, 0.1) is 19.7 Å². The first kappa shape index (κ1) is 18.8. The van der Waals surface area contributed by atoms with Crippen LogP contribution < -0.4 is 5.32 Å². The minimum atomic E-state index is -0.503. The summed E-state index contributed by atoms with van der Waals surface area (Å²) in [5, 5.41) is 3.77. The van der Waals surface area contributed by atoms with Gasteiger partial charge in [0.25, 0.3) is 0 Å². The average molecular weight is 370 g/mol. The Morgan fingerprint density at radius 3 is 2.75 bits per heavy atom. The van der Waals surface area contributed by atoms with Crippen molar-refractivity contribution in [3.63, 3.8) is 0 Å². The minimum Gasteiger partial charge on any atom is -0.326 e. The molecule has 1 unspecified atom stereocenters. The summed E-state index contributed by atoms with van der Waals surface area (Å²) < 4.78 is 13.1. The Morgan fingerprint density at radius 1 is 1.46 bits per heavy atom. The summed E-state index contributed by atoms with van der Waals surface area (Å²) in [6.07, 6.45) is 0.331. The number of rotatable bonds is 6. The molecule has 0 aliphatic heterocycles. The highest BCUT2D eigenvalue weighted by Crippen LogP contribution is 2.26. The van der Waals surface area contributed by atoms with Gasteiger partial charge in [-0.3, -0.25) is 9.69 Å². The lowest BCUT2D eigenvalue weighted by Crippen LogP contribution is -2.27. The van der Waals surface area contributed by atoms with Crippen molar-refractivity contribution in [1.82, 2.24) is 9.88 Å². The number of halogens is 2. The van der Waals surface area contributed by atoms with E-state index < -0.39 is 5.82 Å². The molecule has 4 nitrogen and oxygen atoms in total. The zero-order valence-corrected chi connectivity index (χ0v) is 15.8. The molecule has 0 radical (unpaired) electrons. The van der Waals surface area contributed by atoms with Crippen LogP contribution in [0.4, 0.5) is 10.1 Å². The maximum absolute atomic E-state index is 13.1. The molecular weight excluding hydrogens is 349 g/mol. The van der Waals surface area contributed by atoms with E-state index in [0.717, 1.165) is 10.7 Å². The Kier molecular flexibility index (Phi) is 6.32. The number of carbonyl (C=O) groups excluding carboxylic acids is 1.